The monoisotopic (exact) mass is 198 g/mol. The van der Waals surface area contributed by atoms with E-state index in [0.717, 1.165) is 11.1 Å². The molecule has 0 unspecified atom stereocenters. The zero-order valence-corrected chi connectivity index (χ0v) is 8.77. The van der Waals surface area contributed by atoms with Crippen molar-refractivity contribution in [3.63, 3.8) is 0 Å². The van der Waals surface area contributed by atoms with Gasteiger partial charge in [-0.3, -0.25) is 4.98 Å². The van der Waals surface area contributed by atoms with Gasteiger partial charge in [-0.15, -0.1) is 0 Å². The van der Waals surface area contributed by atoms with Gasteiger partial charge in [-0.1, -0.05) is 24.3 Å². The molecule has 2 N–H and O–H groups in total. The van der Waals surface area contributed by atoms with Crippen molar-refractivity contribution < 1.29 is 0 Å². The van der Waals surface area contributed by atoms with E-state index in [4.69, 9.17) is 5.73 Å². The van der Waals surface area contributed by atoms with Crippen molar-refractivity contribution >= 4 is 0 Å². The minimum Gasteiger partial charge on any atom is -0.326 e. The van der Waals surface area contributed by atoms with Gasteiger partial charge >= 0.3 is 0 Å². The summed E-state index contributed by atoms with van der Waals surface area (Å²) in [6, 6.07) is 10.3. The number of aromatic nitrogens is 1. The second-order valence-electron chi connectivity index (χ2n) is 3.55. The second kappa shape index (κ2) is 4.24. The Balaban J connectivity index is 2.59. The molecule has 0 spiro atoms. The quantitative estimate of drug-likeness (QED) is 0.805. The predicted octanol–water partition coefficient (Wildman–Crippen LogP) is 2.52. The molecule has 1 heterocycles. The van der Waals surface area contributed by atoms with Crippen LogP contribution in [-0.2, 0) is 6.54 Å². The fraction of sp³-hybridized carbons (Fsp3) is 0.154. The SMILES string of the molecule is Cc1ccccc1-c1cnccc1CN. The van der Waals surface area contributed by atoms with Crippen molar-refractivity contribution in [1.82, 2.24) is 4.98 Å². The Hall–Kier alpha value is -1.67. The molecule has 15 heavy (non-hydrogen) atoms. The maximum Gasteiger partial charge on any atom is 0.0349 e. The molecule has 0 amide bonds. The third-order valence-corrected chi connectivity index (χ3v) is 2.57. The summed E-state index contributed by atoms with van der Waals surface area (Å²) >= 11 is 0. The third-order valence-electron chi connectivity index (χ3n) is 2.57. The first kappa shape index (κ1) is 9.87. The minimum absolute atomic E-state index is 0.548. The van der Waals surface area contributed by atoms with E-state index in [0.29, 0.717) is 6.54 Å². The molecule has 0 radical (unpaired) electrons. The van der Waals surface area contributed by atoms with Crippen LogP contribution in [0.2, 0.25) is 0 Å². The maximum absolute atomic E-state index is 5.71. The van der Waals surface area contributed by atoms with E-state index >= 15 is 0 Å². The molecule has 1 aromatic heterocycles. The number of nitrogens with two attached hydrogens (primary N) is 1. The van der Waals surface area contributed by atoms with Gasteiger partial charge in [0.05, 0.1) is 0 Å². The summed E-state index contributed by atoms with van der Waals surface area (Å²) < 4.78 is 0. The van der Waals surface area contributed by atoms with Crippen LogP contribution in [0.5, 0.6) is 0 Å². The number of hydrogen-bond acceptors (Lipinski definition) is 2. The minimum atomic E-state index is 0.548. The van der Waals surface area contributed by atoms with E-state index in [1.165, 1.54) is 11.1 Å². The topological polar surface area (TPSA) is 38.9 Å². The molecule has 0 bridgehead atoms. The summed E-state index contributed by atoms with van der Waals surface area (Å²) in [5.41, 5.74) is 10.4. The average Bonchev–Trinajstić information content (AvgIpc) is 2.30. The smallest absolute Gasteiger partial charge is 0.0349 e. The van der Waals surface area contributed by atoms with Crippen LogP contribution in [0.15, 0.2) is 42.7 Å². The van der Waals surface area contributed by atoms with Gasteiger partial charge in [0, 0.05) is 24.5 Å². The number of rotatable bonds is 2. The number of nitrogens with zero attached hydrogens (tertiary/aromatic N) is 1. The van der Waals surface area contributed by atoms with Crippen LogP contribution < -0.4 is 5.73 Å². The fourth-order valence-electron chi connectivity index (χ4n) is 1.72. The van der Waals surface area contributed by atoms with Crippen LogP contribution in [0.3, 0.4) is 0 Å². The normalized spacial score (nSPS) is 10.3. The summed E-state index contributed by atoms with van der Waals surface area (Å²) in [4.78, 5) is 4.16. The van der Waals surface area contributed by atoms with Gasteiger partial charge in [0.1, 0.15) is 0 Å². The van der Waals surface area contributed by atoms with Gasteiger partial charge in [-0.25, -0.2) is 0 Å². The zero-order valence-electron chi connectivity index (χ0n) is 8.77. The van der Waals surface area contributed by atoms with Gasteiger partial charge < -0.3 is 5.73 Å². The highest BCUT2D eigenvalue weighted by Crippen LogP contribution is 2.25. The van der Waals surface area contributed by atoms with Gasteiger partial charge in [0.25, 0.3) is 0 Å². The lowest BCUT2D eigenvalue weighted by molar-refractivity contribution is 1.06. The molecule has 0 fully saturated rings. The standard InChI is InChI=1S/C13H14N2/c1-10-4-2-3-5-12(10)13-9-15-7-6-11(13)8-14/h2-7,9H,8,14H2,1H3. The number of benzene rings is 1. The van der Waals surface area contributed by atoms with Crippen molar-refractivity contribution in [3.05, 3.63) is 53.9 Å². The van der Waals surface area contributed by atoms with Gasteiger partial charge in [0.15, 0.2) is 0 Å². The van der Waals surface area contributed by atoms with Crippen molar-refractivity contribution in [3.8, 4) is 11.1 Å². The summed E-state index contributed by atoms with van der Waals surface area (Å²) in [7, 11) is 0. The van der Waals surface area contributed by atoms with Crippen molar-refractivity contribution in [2.45, 2.75) is 13.5 Å². The molecule has 0 atom stereocenters. The molecular weight excluding hydrogens is 184 g/mol. The average molecular weight is 198 g/mol. The van der Waals surface area contributed by atoms with E-state index in [2.05, 4.69) is 24.0 Å². The van der Waals surface area contributed by atoms with Crippen molar-refractivity contribution in [2.24, 2.45) is 5.73 Å². The molecule has 0 saturated heterocycles. The summed E-state index contributed by atoms with van der Waals surface area (Å²) in [6.45, 7) is 2.65. The maximum atomic E-state index is 5.71. The molecule has 0 aliphatic carbocycles. The Labute approximate surface area is 89.8 Å². The lowest BCUT2D eigenvalue weighted by Gasteiger charge is -2.09. The molecule has 76 valence electrons. The second-order valence-corrected chi connectivity index (χ2v) is 3.55. The first-order valence-corrected chi connectivity index (χ1v) is 5.02. The zero-order chi connectivity index (χ0) is 10.7. The Kier molecular flexibility index (Phi) is 2.79. The largest absolute Gasteiger partial charge is 0.326 e. The molecular formula is C13H14N2. The summed E-state index contributed by atoms with van der Waals surface area (Å²) in [5, 5.41) is 0. The highest BCUT2D eigenvalue weighted by Gasteiger charge is 2.05. The van der Waals surface area contributed by atoms with Gasteiger partial charge in [0.2, 0.25) is 0 Å². The molecule has 0 aliphatic heterocycles. The van der Waals surface area contributed by atoms with Crippen molar-refractivity contribution in [2.75, 3.05) is 0 Å². The van der Waals surface area contributed by atoms with E-state index in [9.17, 15) is 0 Å². The Morgan fingerprint density at radius 1 is 1.13 bits per heavy atom. The van der Waals surface area contributed by atoms with E-state index < -0.39 is 0 Å². The van der Waals surface area contributed by atoms with Gasteiger partial charge in [-0.05, 0) is 29.7 Å². The van der Waals surface area contributed by atoms with E-state index in [1.807, 2.05) is 24.4 Å². The predicted molar refractivity (Wildman–Crippen MR) is 62.3 cm³/mol. The van der Waals surface area contributed by atoms with Crippen LogP contribution in [-0.4, -0.2) is 4.98 Å². The van der Waals surface area contributed by atoms with Crippen molar-refractivity contribution in [1.29, 1.82) is 0 Å². The fourth-order valence-corrected chi connectivity index (χ4v) is 1.72. The Bertz CT molecular complexity index is 464. The highest BCUT2D eigenvalue weighted by atomic mass is 14.6. The van der Waals surface area contributed by atoms with Crippen LogP contribution in [0.1, 0.15) is 11.1 Å². The first-order valence-electron chi connectivity index (χ1n) is 5.02. The van der Waals surface area contributed by atoms with Gasteiger partial charge in [-0.2, -0.15) is 0 Å². The third kappa shape index (κ3) is 1.90. The molecule has 0 aliphatic rings. The Morgan fingerprint density at radius 2 is 1.93 bits per heavy atom. The first-order chi connectivity index (χ1) is 7.33. The molecule has 2 heteroatoms. The highest BCUT2D eigenvalue weighted by molar-refractivity contribution is 5.69. The van der Waals surface area contributed by atoms with Crippen LogP contribution in [0, 0.1) is 6.92 Å². The molecule has 2 aromatic rings. The van der Waals surface area contributed by atoms with E-state index in [-0.39, 0.29) is 0 Å². The number of hydrogen-bond donors (Lipinski definition) is 1. The number of pyridine rings is 1. The summed E-state index contributed by atoms with van der Waals surface area (Å²) in [6.07, 6.45) is 3.66. The van der Waals surface area contributed by atoms with Crippen LogP contribution in [0.4, 0.5) is 0 Å². The molecule has 0 saturated carbocycles. The molecule has 1 aromatic carbocycles. The summed E-state index contributed by atoms with van der Waals surface area (Å²) in [5.74, 6) is 0. The number of aryl methyl sites for hydroxylation is 1. The molecule has 2 rings (SSSR count). The lowest BCUT2D eigenvalue weighted by Crippen LogP contribution is -1.99. The van der Waals surface area contributed by atoms with E-state index in [1.54, 1.807) is 6.20 Å². The molecule has 2 nitrogen and oxygen atoms in total. The Morgan fingerprint density at radius 3 is 2.67 bits per heavy atom. The van der Waals surface area contributed by atoms with Crippen LogP contribution >= 0.6 is 0 Å². The van der Waals surface area contributed by atoms with Crippen LogP contribution in [0.25, 0.3) is 11.1 Å². The lowest BCUT2D eigenvalue weighted by atomic mass is 9.98.